The highest BCUT2D eigenvalue weighted by Gasteiger charge is 2.21. The number of benzene rings is 14. The van der Waals surface area contributed by atoms with E-state index in [0.717, 1.165) is 58.5 Å². The molecule has 0 unspecified atom stereocenters. The Balaban J connectivity index is 0.698. The maximum absolute atomic E-state index is 6.40. The number of fused-ring (bicyclic) bond motifs is 8. The predicted molar refractivity (Wildman–Crippen MR) is 323 cm³/mol. The molecule has 4 nitrogen and oxygen atoms in total. The normalized spacial score (nSPS) is 11.6. The van der Waals surface area contributed by atoms with Crippen molar-refractivity contribution in [2.75, 3.05) is 23.0 Å². The molecule has 14 rings (SSSR count). The van der Waals surface area contributed by atoms with Gasteiger partial charge >= 0.3 is 0 Å². The Kier molecular flexibility index (Phi) is 11.4. The van der Waals surface area contributed by atoms with Crippen molar-refractivity contribution in [1.82, 2.24) is 0 Å². The van der Waals surface area contributed by atoms with Gasteiger partial charge in [0.25, 0.3) is 0 Å². The molecule has 14 aromatic rings. The molecule has 0 bridgehead atoms. The van der Waals surface area contributed by atoms with Gasteiger partial charge in [-0.2, -0.15) is 0 Å². The van der Waals surface area contributed by atoms with Crippen LogP contribution in [0, 0.1) is 0 Å². The summed E-state index contributed by atoms with van der Waals surface area (Å²) in [7, 11) is 0. The Bertz CT molecular complexity index is 3960. The van der Waals surface area contributed by atoms with E-state index < -0.39 is 0 Å². The first-order valence-electron chi connectivity index (χ1n) is 26.4. The first-order chi connectivity index (χ1) is 37.6. The van der Waals surface area contributed by atoms with Crippen LogP contribution in [0.2, 0.25) is 0 Å². The van der Waals surface area contributed by atoms with Gasteiger partial charge in [-0.25, -0.2) is 0 Å². The minimum atomic E-state index is 0.591. The fraction of sp³-hybridized carbons (Fsp3) is 0.0556. The summed E-state index contributed by atoms with van der Waals surface area (Å²) in [5, 5.41) is 19.4. The quantitative estimate of drug-likeness (QED) is 0.0849. The fourth-order valence-electron chi connectivity index (χ4n) is 11.4. The zero-order chi connectivity index (χ0) is 50.4. The van der Waals surface area contributed by atoms with Crippen LogP contribution in [0.3, 0.4) is 0 Å². The van der Waals surface area contributed by atoms with Gasteiger partial charge in [-0.15, -0.1) is 0 Å². The van der Waals surface area contributed by atoms with Gasteiger partial charge < -0.3 is 19.3 Å². The maximum atomic E-state index is 6.40. The summed E-state index contributed by atoms with van der Waals surface area (Å²) >= 11 is 0. The minimum absolute atomic E-state index is 0.591. The van der Waals surface area contributed by atoms with Crippen molar-refractivity contribution in [2.45, 2.75) is 12.8 Å². The molecular formula is C72H52N2O2. The second-order valence-electron chi connectivity index (χ2n) is 19.9. The smallest absolute Gasteiger partial charge is 0.119 e. The number of anilines is 6. The SMILES string of the molecule is c1ccc2cc3c(N(c4ccc(OCCCCOc5ccc(N(c6cccc7cc8ccccc8cc67)c6cccc7cc8ccccc8cc67)cc5)cc4)c4cccc5cc6ccccc6cc45)cccc3cc2c1. The second kappa shape index (κ2) is 19.3. The van der Waals surface area contributed by atoms with Crippen LogP contribution in [0.5, 0.6) is 11.5 Å². The second-order valence-corrected chi connectivity index (χ2v) is 19.9. The average molecular weight is 977 g/mol. The molecule has 0 aliphatic carbocycles. The predicted octanol–water partition coefficient (Wildman–Crippen LogP) is 20.1. The van der Waals surface area contributed by atoms with Crippen LogP contribution in [0.1, 0.15) is 12.8 Å². The lowest BCUT2D eigenvalue weighted by Crippen LogP contribution is -2.11. The first kappa shape index (κ1) is 45.0. The van der Waals surface area contributed by atoms with Crippen LogP contribution in [0.4, 0.5) is 34.1 Å². The summed E-state index contributed by atoms with van der Waals surface area (Å²) in [4.78, 5) is 4.83. The van der Waals surface area contributed by atoms with Gasteiger partial charge in [0.1, 0.15) is 11.5 Å². The number of hydrogen-bond donors (Lipinski definition) is 0. The van der Waals surface area contributed by atoms with Gasteiger partial charge in [-0.3, -0.25) is 0 Å². The molecule has 4 heteroatoms. The van der Waals surface area contributed by atoms with E-state index in [-0.39, 0.29) is 0 Å². The average Bonchev–Trinajstić information content (AvgIpc) is 3.50. The molecule has 0 aliphatic heterocycles. The number of nitrogens with zero attached hydrogens (tertiary/aromatic N) is 2. The lowest BCUT2D eigenvalue weighted by Gasteiger charge is -2.28. The van der Waals surface area contributed by atoms with Crippen LogP contribution < -0.4 is 19.3 Å². The molecule has 0 fully saturated rings. The van der Waals surface area contributed by atoms with E-state index in [0.29, 0.717) is 13.2 Å². The summed E-state index contributed by atoms with van der Waals surface area (Å²) in [6, 6.07) is 96.7. The minimum Gasteiger partial charge on any atom is -0.494 e. The van der Waals surface area contributed by atoms with Crippen molar-refractivity contribution >= 4 is 120 Å². The highest BCUT2D eigenvalue weighted by molar-refractivity contribution is 6.13. The fourth-order valence-corrected chi connectivity index (χ4v) is 11.4. The molecule has 76 heavy (non-hydrogen) atoms. The monoisotopic (exact) mass is 976 g/mol. The number of unbranched alkanes of at least 4 members (excludes halogenated alkanes) is 1. The third-order valence-electron chi connectivity index (χ3n) is 15.1. The molecule has 0 aromatic heterocycles. The van der Waals surface area contributed by atoms with Crippen LogP contribution in [-0.2, 0) is 0 Å². The zero-order valence-corrected chi connectivity index (χ0v) is 41.9. The molecular weight excluding hydrogens is 925 g/mol. The van der Waals surface area contributed by atoms with Gasteiger partial charge in [-0.05, 0) is 199 Å². The third kappa shape index (κ3) is 8.40. The van der Waals surface area contributed by atoms with Gasteiger partial charge in [0.2, 0.25) is 0 Å². The Hall–Kier alpha value is -9.64. The van der Waals surface area contributed by atoms with Gasteiger partial charge in [0.05, 0.1) is 36.0 Å². The highest BCUT2D eigenvalue weighted by Crippen LogP contribution is 2.46. The molecule has 0 heterocycles. The topological polar surface area (TPSA) is 24.9 Å². The standard InChI is InChI=1S/C72H52N2O2/c1-5-19-53-45-65-57(41-49(53)15-1)23-11-27-69(65)73(70-28-12-24-58-42-50-16-2-6-20-54(50)46-66(58)70)61-31-35-63(36-32-61)75-39-9-10-40-76-64-37-33-62(34-38-64)74(71-29-13-25-59-43-51-17-3-7-21-55(51)47-67(59)71)72-30-14-26-60-44-52-18-4-8-22-56(52)48-68(60)72/h1-8,11-38,41-48H,9-10,39-40H2. The Morgan fingerprint density at radius 1 is 0.224 bits per heavy atom. The Labute approximate surface area is 441 Å². The van der Waals surface area contributed by atoms with E-state index in [1.165, 1.54) is 86.2 Å². The highest BCUT2D eigenvalue weighted by atomic mass is 16.5. The molecule has 14 aromatic carbocycles. The van der Waals surface area contributed by atoms with Crippen molar-refractivity contribution in [1.29, 1.82) is 0 Å². The van der Waals surface area contributed by atoms with E-state index in [2.05, 4.69) is 277 Å². The lowest BCUT2D eigenvalue weighted by atomic mass is 9.99. The number of rotatable bonds is 13. The van der Waals surface area contributed by atoms with E-state index >= 15 is 0 Å². The van der Waals surface area contributed by atoms with Gasteiger partial charge in [0.15, 0.2) is 0 Å². The van der Waals surface area contributed by atoms with E-state index in [4.69, 9.17) is 9.47 Å². The van der Waals surface area contributed by atoms with Crippen LogP contribution in [0.15, 0.2) is 267 Å². The molecule has 0 saturated carbocycles. The zero-order valence-electron chi connectivity index (χ0n) is 41.9. The summed E-state index contributed by atoms with van der Waals surface area (Å²) in [6.07, 6.45) is 1.72. The van der Waals surface area contributed by atoms with Crippen molar-refractivity contribution in [2.24, 2.45) is 0 Å². The number of hydrogen-bond acceptors (Lipinski definition) is 4. The first-order valence-corrected chi connectivity index (χ1v) is 26.4. The molecule has 0 aliphatic rings. The molecule has 0 saturated heterocycles. The van der Waals surface area contributed by atoms with Crippen molar-refractivity contribution in [3.05, 3.63) is 267 Å². The van der Waals surface area contributed by atoms with Crippen LogP contribution >= 0.6 is 0 Å². The summed E-state index contributed by atoms with van der Waals surface area (Å²) in [6.45, 7) is 1.18. The van der Waals surface area contributed by atoms with Crippen LogP contribution in [0.25, 0.3) is 86.2 Å². The van der Waals surface area contributed by atoms with Crippen molar-refractivity contribution in [3.8, 4) is 11.5 Å². The molecule has 0 radical (unpaired) electrons. The molecule has 0 amide bonds. The molecule has 0 spiro atoms. The maximum Gasteiger partial charge on any atom is 0.119 e. The van der Waals surface area contributed by atoms with Crippen molar-refractivity contribution in [3.63, 3.8) is 0 Å². The Morgan fingerprint density at radius 2 is 0.461 bits per heavy atom. The number of ether oxygens (including phenoxy) is 2. The van der Waals surface area contributed by atoms with E-state index in [9.17, 15) is 0 Å². The summed E-state index contributed by atoms with van der Waals surface area (Å²) in [5.74, 6) is 1.69. The van der Waals surface area contributed by atoms with Crippen LogP contribution in [-0.4, -0.2) is 13.2 Å². The van der Waals surface area contributed by atoms with E-state index in [1.807, 2.05) is 0 Å². The van der Waals surface area contributed by atoms with Gasteiger partial charge in [-0.1, -0.05) is 146 Å². The summed E-state index contributed by atoms with van der Waals surface area (Å²) in [5.41, 5.74) is 6.63. The summed E-state index contributed by atoms with van der Waals surface area (Å²) < 4.78 is 12.8. The van der Waals surface area contributed by atoms with Crippen molar-refractivity contribution < 1.29 is 9.47 Å². The molecule has 0 atom stereocenters. The lowest BCUT2D eigenvalue weighted by molar-refractivity contribution is 0.266. The Morgan fingerprint density at radius 3 is 0.724 bits per heavy atom. The molecule has 362 valence electrons. The van der Waals surface area contributed by atoms with E-state index in [1.54, 1.807) is 0 Å². The van der Waals surface area contributed by atoms with Gasteiger partial charge in [0, 0.05) is 32.9 Å². The largest absolute Gasteiger partial charge is 0.494 e. The molecule has 0 N–H and O–H groups in total. The third-order valence-corrected chi connectivity index (χ3v) is 15.1.